The van der Waals surface area contributed by atoms with Crippen LogP contribution in [0.2, 0.25) is 0 Å². The van der Waals surface area contributed by atoms with Crippen LogP contribution in [0.3, 0.4) is 0 Å². The lowest BCUT2D eigenvalue weighted by atomic mass is 10.2. The molecule has 0 aliphatic heterocycles. The number of rotatable bonds is 3. The van der Waals surface area contributed by atoms with Crippen LogP contribution in [0, 0.1) is 6.92 Å². The molecule has 3 heterocycles. The fourth-order valence-electron chi connectivity index (χ4n) is 1.69. The Kier molecular flexibility index (Phi) is 2.85. The van der Waals surface area contributed by atoms with Gasteiger partial charge in [0.05, 0.1) is 4.70 Å². The van der Waals surface area contributed by atoms with Gasteiger partial charge in [-0.3, -0.25) is 4.98 Å². The summed E-state index contributed by atoms with van der Waals surface area (Å²) in [6, 6.07) is 3.94. The topological polar surface area (TPSA) is 63.6 Å². The summed E-state index contributed by atoms with van der Waals surface area (Å²) in [7, 11) is 0. The molecular formula is C12H11N5S. The molecule has 0 unspecified atom stereocenters. The number of fused-ring (bicyclic) bond motifs is 1. The van der Waals surface area contributed by atoms with Gasteiger partial charge in [-0.1, -0.05) is 0 Å². The third kappa shape index (κ3) is 2.02. The number of aryl methyl sites for hydroxylation is 1. The normalized spacial score (nSPS) is 10.7. The first-order valence-electron chi connectivity index (χ1n) is 5.54. The van der Waals surface area contributed by atoms with Crippen molar-refractivity contribution in [2.24, 2.45) is 0 Å². The number of thiophene rings is 1. The van der Waals surface area contributed by atoms with Gasteiger partial charge in [0.1, 0.15) is 5.52 Å². The van der Waals surface area contributed by atoms with E-state index in [4.69, 9.17) is 0 Å². The molecule has 3 aromatic heterocycles. The van der Waals surface area contributed by atoms with Crippen molar-refractivity contribution in [2.45, 2.75) is 13.5 Å². The van der Waals surface area contributed by atoms with E-state index in [0.717, 1.165) is 27.2 Å². The third-order valence-corrected chi connectivity index (χ3v) is 3.75. The Morgan fingerprint density at radius 1 is 1.22 bits per heavy atom. The Bertz CT molecular complexity index is 665. The molecule has 0 radical (unpaired) electrons. The Labute approximate surface area is 108 Å². The highest BCUT2D eigenvalue weighted by atomic mass is 32.1. The number of nitrogens with zero attached hydrogens (tertiary/aromatic N) is 4. The van der Waals surface area contributed by atoms with Crippen molar-refractivity contribution in [1.29, 1.82) is 0 Å². The quantitative estimate of drug-likeness (QED) is 0.780. The van der Waals surface area contributed by atoms with Gasteiger partial charge in [0.2, 0.25) is 0 Å². The summed E-state index contributed by atoms with van der Waals surface area (Å²) in [6.07, 6.45) is 3.56. The van der Waals surface area contributed by atoms with E-state index in [1.165, 1.54) is 0 Å². The van der Waals surface area contributed by atoms with Crippen LogP contribution in [-0.4, -0.2) is 20.4 Å². The maximum Gasteiger partial charge on any atom is 0.170 e. The molecule has 0 saturated carbocycles. The molecule has 90 valence electrons. The summed E-state index contributed by atoms with van der Waals surface area (Å²) in [5, 5.41) is 17.3. The maximum absolute atomic E-state index is 4.06. The lowest BCUT2D eigenvalue weighted by molar-refractivity contribution is 0.890. The van der Waals surface area contributed by atoms with E-state index in [2.05, 4.69) is 31.1 Å². The van der Waals surface area contributed by atoms with Gasteiger partial charge in [-0.15, -0.1) is 21.5 Å². The molecule has 0 spiro atoms. The molecule has 6 heteroatoms. The third-order valence-electron chi connectivity index (χ3n) is 2.66. The van der Waals surface area contributed by atoms with E-state index in [-0.39, 0.29) is 0 Å². The second kappa shape index (κ2) is 4.66. The van der Waals surface area contributed by atoms with Crippen LogP contribution in [-0.2, 0) is 6.54 Å². The average Bonchev–Trinajstić information content (AvgIpc) is 2.80. The highest BCUT2D eigenvalue weighted by Crippen LogP contribution is 2.27. The summed E-state index contributed by atoms with van der Waals surface area (Å²) in [5.41, 5.74) is 3.22. The van der Waals surface area contributed by atoms with Gasteiger partial charge < -0.3 is 5.32 Å². The van der Waals surface area contributed by atoms with E-state index in [1.54, 1.807) is 23.7 Å². The van der Waals surface area contributed by atoms with Crippen LogP contribution in [0.15, 0.2) is 29.9 Å². The van der Waals surface area contributed by atoms with Crippen molar-refractivity contribution in [2.75, 3.05) is 5.32 Å². The molecule has 0 saturated heterocycles. The molecule has 0 atom stereocenters. The van der Waals surface area contributed by atoms with Crippen LogP contribution >= 0.6 is 11.3 Å². The average molecular weight is 257 g/mol. The maximum atomic E-state index is 4.06. The second-order valence-electron chi connectivity index (χ2n) is 3.94. The second-order valence-corrected chi connectivity index (χ2v) is 4.82. The predicted octanol–water partition coefficient (Wildman–Crippen LogP) is 2.40. The molecule has 3 aromatic rings. The highest BCUT2D eigenvalue weighted by molar-refractivity contribution is 7.17. The molecule has 0 amide bonds. The van der Waals surface area contributed by atoms with Crippen molar-refractivity contribution in [3.8, 4) is 0 Å². The molecule has 0 aromatic carbocycles. The van der Waals surface area contributed by atoms with E-state index >= 15 is 0 Å². The zero-order valence-corrected chi connectivity index (χ0v) is 10.6. The van der Waals surface area contributed by atoms with E-state index in [1.807, 2.05) is 19.1 Å². The fraction of sp³-hybridized carbons (Fsp3) is 0.167. The van der Waals surface area contributed by atoms with Crippen molar-refractivity contribution in [1.82, 2.24) is 20.4 Å². The highest BCUT2D eigenvalue weighted by Gasteiger charge is 2.08. The monoisotopic (exact) mass is 257 g/mol. The van der Waals surface area contributed by atoms with E-state index < -0.39 is 0 Å². The van der Waals surface area contributed by atoms with Crippen molar-refractivity contribution < 1.29 is 0 Å². The van der Waals surface area contributed by atoms with Crippen LogP contribution in [0.5, 0.6) is 0 Å². The fourth-order valence-corrected chi connectivity index (χ4v) is 2.63. The van der Waals surface area contributed by atoms with Gasteiger partial charge in [-0.05, 0) is 40.8 Å². The van der Waals surface area contributed by atoms with E-state index in [9.17, 15) is 0 Å². The first kappa shape index (κ1) is 11.0. The Balaban J connectivity index is 1.87. The molecule has 0 aliphatic rings. The summed E-state index contributed by atoms with van der Waals surface area (Å²) in [6.45, 7) is 2.73. The zero-order valence-electron chi connectivity index (χ0n) is 9.79. The lowest BCUT2D eigenvalue weighted by Crippen LogP contribution is -2.03. The predicted molar refractivity (Wildman–Crippen MR) is 71.5 cm³/mol. The first-order chi connectivity index (χ1) is 8.84. The van der Waals surface area contributed by atoms with Gasteiger partial charge in [0, 0.05) is 18.9 Å². The largest absolute Gasteiger partial charge is 0.363 e. The van der Waals surface area contributed by atoms with Crippen LogP contribution in [0.25, 0.3) is 10.2 Å². The van der Waals surface area contributed by atoms with Gasteiger partial charge in [0.15, 0.2) is 5.82 Å². The smallest absolute Gasteiger partial charge is 0.170 e. The minimum Gasteiger partial charge on any atom is -0.363 e. The number of pyridine rings is 1. The van der Waals surface area contributed by atoms with Crippen LogP contribution in [0.4, 0.5) is 5.82 Å². The summed E-state index contributed by atoms with van der Waals surface area (Å²) in [4.78, 5) is 3.99. The first-order valence-corrected chi connectivity index (χ1v) is 6.42. The molecule has 5 nitrogen and oxygen atoms in total. The molecule has 0 bridgehead atoms. The minimum atomic E-state index is 0.702. The van der Waals surface area contributed by atoms with Crippen LogP contribution in [0.1, 0.15) is 11.1 Å². The van der Waals surface area contributed by atoms with Gasteiger partial charge >= 0.3 is 0 Å². The Hall–Kier alpha value is -2.08. The van der Waals surface area contributed by atoms with Gasteiger partial charge in [0.25, 0.3) is 0 Å². The number of nitrogens with one attached hydrogen (secondary N) is 1. The summed E-state index contributed by atoms with van der Waals surface area (Å²) in [5.74, 6) is 0.787. The number of hydrogen-bond acceptors (Lipinski definition) is 6. The minimum absolute atomic E-state index is 0.702. The Morgan fingerprint density at radius 2 is 2.06 bits per heavy atom. The van der Waals surface area contributed by atoms with Crippen LogP contribution < -0.4 is 5.32 Å². The Morgan fingerprint density at radius 3 is 2.89 bits per heavy atom. The summed E-state index contributed by atoms with van der Waals surface area (Å²) >= 11 is 1.64. The molecule has 18 heavy (non-hydrogen) atoms. The molecule has 0 fully saturated rings. The van der Waals surface area contributed by atoms with Crippen molar-refractivity contribution in [3.63, 3.8) is 0 Å². The van der Waals surface area contributed by atoms with Crippen molar-refractivity contribution in [3.05, 3.63) is 41.0 Å². The molecule has 1 N–H and O–H groups in total. The zero-order chi connectivity index (χ0) is 12.4. The number of aromatic nitrogens is 4. The number of hydrogen-bond donors (Lipinski definition) is 1. The summed E-state index contributed by atoms with van der Waals surface area (Å²) < 4.78 is 1.05. The van der Waals surface area contributed by atoms with E-state index in [0.29, 0.717) is 6.54 Å². The number of anilines is 1. The molecule has 3 rings (SSSR count). The SMILES string of the molecule is Cc1csc2c(NCc3ccncc3)nnnc12. The van der Waals surface area contributed by atoms with Gasteiger partial charge in [-0.2, -0.15) is 0 Å². The van der Waals surface area contributed by atoms with Crippen molar-refractivity contribution >= 4 is 27.4 Å². The standard InChI is InChI=1S/C12H11N5S/c1-8-7-18-11-10(8)15-17-16-12(11)14-6-9-2-4-13-5-3-9/h2-5,7H,6H2,1H3,(H,14,15,16). The lowest BCUT2D eigenvalue weighted by Gasteiger charge is -2.04. The van der Waals surface area contributed by atoms with Gasteiger partial charge in [-0.25, -0.2) is 0 Å². The molecular weight excluding hydrogens is 246 g/mol. The molecule has 0 aliphatic carbocycles.